The van der Waals surface area contributed by atoms with Crippen molar-refractivity contribution in [2.75, 3.05) is 20.3 Å². The first-order valence-corrected chi connectivity index (χ1v) is 9.84. The smallest absolute Gasteiger partial charge is 0.337 e. The number of hydrogen-bond acceptors (Lipinski definition) is 6. The molecule has 1 N–H and O–H groups in total. The quantitative estimate of drug-likeness (QED) is 0.653. The number of hydrogen-bond donors (Lipinski definition) is 1. The summed E-state index contributed by atoms with van der Waals surface area (Å²) in [6.07, 6.45) is -0.396. The predicted molar refractivity (Wildman–Crippen MR) is 112 cm³/mol. The number of carboxylic acid groups (broad SMARTS) is 1. The van der Waals surface area contributed by atoms with Gasteiger partial charge in [0.25, 0.3) is 0 Å². The Morgan fingerprint density at radius 3 is 2.43 bits per heavy atom. The fourth-order valence-electron chi connectivity index (χ4n) is 3.61. The summed E-state index contributed by atoms with van der Waals surface area (Å²) < 4.78 is 10.6. The molecule has 0 radical (unpaired) electrons. The summed E-state index contributed by atoms with van der Waals surface area (Å²) in [7, 11) is 1.55. The number of nitriles is 1. The van der Waals surface area contributed by atoms with E-state index in [4.69, 9.17) is 21.1 Å². The van der Waals surface area contributed by atoms with E-state index in [9.17, 15) is 20.0 Å². The number of halogens is 1. The van der Waals surface area contributed by atoms with Gasteiger partial charge in [0.1, 0.15) is 6.07 Å². The molecule has 8 heteroatoms. The minimum absolute atomic E-state index is 0.00407. The molecule has 7 nitrogen and oxygen atoms in total. The Morgan fingerprint density at radius 1 is 1.27 bits per heavy atom. The summed E-state index contributed by atoms with van der Waals surface area (Å²) >= 11 is 6.46. The van der Waals surface area contributed by atoms with Crippen molar-refractivity contribution >= 4 is 23.5 Å². The molecule has 1 heterocycles. The van der Waals surface area contributed by atoms with E-state index >= 15 is 0 Å². The number of nitrogens with zero attached hydrogens (tertiary/aromatic N) is 2. The van der Waals surface area contributed by atoms with Gasteiger partial charge in [-0.05, 0) is 39.3 Å². The zero-order valence-electron chi connectivity index (χ0n) is 17.7. The number of ether oxygens (including phenoxy) is 2. The average molecular weight is 433 g/mol. The van der Waals surface area contributed by atoms with Crippen molar-refractivity contribution in [2.45, 2.75) is 39.7 Å². The van der Waals surface area contributed by atoms with Crippen LogP contribution in [0.1, 0.15) is 44.7 Å². The highest BCUT2D eigenvalue weighted by Gasteiger charge is 2.41. The zero-order valence-corrected chi connectivity index (χ0v) is 18.4. The van der Waals surface area contributed by atoms with Crippen molar-refractivity contribution in [1.29, 1.82) is 5.26 Å². The van der Waals surface area contributed by atoms with Crippen LogP contribution >= 0.6 is 11.6 Å². The summed E-state index contributed by atoms with van der Waals surface area (Å²) in [6, 6.07) is 6.79. The maximum absolute atomic E-state index is 13.1. The summed E-state index contributed by atoms with van der Waals surface area (Å²) in [5.41, 5.74) is 1.79. The second-order valence-electron chi connectivity index (χ2n) is 7.16. The van der Waals surface area contributed by atoms with Crippen LogP contribution in [-0.4, -0.2) is 48.3 Å². The molecule has 0 bridgehead atoms. The van der Waals surface area contributed by atoms with Crippen molar-refractivity contribution in [3.63, 3.8) is 0 Å². The summed E-state index contributed by atoms with van der Waals surface area (Å²) in [5.74, 6) is -2.78. The first-order valence-electron chi connectivity index (χ1n) is 9.46. The van der Waals surface area contributed by atoms with Gasteiger partial charge in [0.2, 0.25) is 0 Å². The highest BCUT2D eigenvalue weighted by molar-refractivity contribution is 6.32. The molecular weight excluding hydrogens is 408 g/mol. The second-order valence-corrected chi connectivity index (χ2v) is 7.53. The predicted octanol–water partition coefficient (Wildman–Crippen LogP) is 3.84. The molecule has 30 heavy (non-hydrogen) atoms. The molecule has 1 aromatic carbocycles. The van der Waals surface area contributed by atoms with Gasteiger partial charge in [-0.15, -0.1) is 0 Å². The molecule has 1 aliphatic heterocycles. The molecule has 0 saturated heterocycles. The standard InChI is InChI=1S/C22H25ClN2O5/c1-12(2)30-22(28)18-14(4)25(9-10-29-5)13(3)17(21(26)27)19(18)16-8-6-7-15(11-24)20(16)23/h6-8,12,19H,9-10H2,1-5H3,(H,26,27)/t19-/m0/s1. The van der Waals surface area contributed by atoms with Crippen molar-refractivity contribution in [3.8, 4) is 6.07 Å². The number of carboxylic acids is 1. The zero-order chi connectivity index (χ0) is 22.6. The number of methoxy groups -OCH3 is 1. The van der Waals surface area contributed by atoms with E-state index in [2.05, 4.69) is 0 Å². The topological polar surface area (TPSA) is 99.9 Å². The lowest BCUT2D eigenvalue weighted by Crippen LogP contribution is -2.36. The second kappa shape index (κ2) is 9.79. The highest BCUT2D eigenvalue weighted by Crippen LogP contribution is 2.45. The first-order chi connectivity index (χ1) is 14.1. The average Bonchev–Trinajstić information content (AvgIpc) is 2.66. The van der Waals surface area contributed by atoms with Gasteiger partial charge in [0, 0.05) is 25.0 Å². The largest absolute Gasteiger partial charge is 0.478 e. The monoisotopic (exact) mass is 432 g/mol. The minimum atomic E-state index is -1.18. The molecule has 0 saturated carbocycles. The van der Waals surface area contributed by atoms with Crippen LogP contribution in [0.2, 0.25) is 5.02 Å². The maximum Gasteiger partial charge on any atom is 0.337 e. The summed E-state index contributed by atoms with van der Waals surface area (Å²) in [4.78, 5) is 27.2. The van der Waals surface area contributed by atoms with Gasteiger partial charge in [-0.25, -0.2) is 9.59 Å². The molecule has 1 atom stereocenters. The van der Waals surface area contributed by atoms with E-state index in [1.54, 1.807) is 57.9 Å². The number of carbonyl (C=O) groups is 2. The number of aliphatic carboxylic acids is 1. The SMILES string of the molecule is COCCN1C(C)=C(C(=O)O)[C@H](c2cccc(C#N)c2Cl)C(C(=O)OC(C)C)=C1C. The normalized spacial score (nSPS) is 16.7. The molecule has 0 amide bonds. The third kappa shape index (κ3) is 4.50. The Labute approximate surface area is 181 Å². The summed E-state index contributed by atoms with van der Waals surface area (Å²) in [6.45, 7) is 7.56. The van der Waals surface area contributed by atoms with Crippen molar-refractivity contribution in [2.24, 2.45) is 0 Å². The van der Waals surface area contributed by atoms with Crippen molar-refractivity contribution < 1.29 is 24.2 Å². The van der Waals surface area contributed by atoms with E-state index < -0.39 is 24.0 Å². The Morgan fingerprint density at radius 2 is 1.90 bits per heavy atom. The molecule has 1 aromatic rings. The third-order valence-electron chi connectivity index (χ3n) is 4.94. The Balaban J connectivity index is 2.82. The van der Waals surface area contributed by atoms with Crippen LogP contribution < -0.4 is 0 Å². The van der Waals surface area contributed by atoms with Crippen LogP contribution in [0.4, 0.5) is 0 Å². The molecule has 0 spiro atoms. The minimum Gasteiger partial charge on any atom is -0.478 e. The highest BCUT2D eigenvalue weighted by atomic mass is 35.5. The molecule has 0 fully saturated rings. The number of rotatable bonds is 7. The van der Waals surface area contributed by atoms with Crippen molar-refractivity contribution in [3.05, 3.63) is 56.9 Å². The van der Waals surface area contributed by atoms with Gasteiger partial charge >= 0.3 is 11.9 Å². The number of benzene rings is 1. The van der Waals surface area contributed by atoms with Gasteiger partial charge in [-0.3, -0.25) is 0 Å². The van der Waals surface area contributed by atoms with E-state index in [0.29, 0.717) is 30.1 Å². The lowest BCUT2D eigenvalue weighted by atomic mass is 9.79. The van der Waals surface area contributed by atoms with Crippen molar-refractivity contribution in [1.82, 2.24) is 4.90 Å². The Bertz CT molecular complexity index is 959. The molecule has 0 unspecified atom stereocenters. The lowest BCUT2D eigenvalue weighted by molar-refractivity contribution is -0.143. The van der Waals surface area contributed by atoms with Crippen LogP contribution in [-0.2, 0) is 19.1 Å². The van der Waals surface area contributed by atoms with Gasteiger partial charge in [0.15, 0.2) is 0 Å². The first kappa shape index (κ1) is 23.5. The fourth-order valence-corrected chi connectivity index (χ4v) is 3.89. The maximum atomic E-state index is 13.1. The third-order valence-corrected chi connectivity index (χ3v) is 5.36. The van der Waals surface area contributed by atoms with Crippen LogP contribution in [0.3, 0.4) is 0 Å². The van der Waals surface area contributed by atoms with Crippen LogP contribution in [0, 0.1) is 11.3 Å². The van der Waals surface area contributed by atoms with Crippen LogP contribution in [0.5, 0.6) is 0 Å². The van der Waals surface area contributed by atoms with Gasteiger partial charge < -0.3 is 19.5 Å². The number of allylic oxidation sites excluding steroid dienone is 2. The summed E-state index contributed by atoms with van der Waals surface area (Å²) in [5, 5.41) is 19.6. The van der Waals surface area contributed by atoms with E-state index in [0.717, 1.165) is 0 Å². The molecular formula is C22H25ClN2O5. The van der Waals surface area contributed by atoms with Gasteiger partial charge in [-0.1, -0.05) is 23.7 Å². The molecule has 160 valence electrons. The number of esters is 1. The Kier molecular flexibility index (Phi) is 7.65. The lowest BCUT2D eigenvalue weighted by Gasteiger charge is -2.37. The van der Waals surface area contributed by atoms with E-state index in [-0.39, 0.29) is 21.7 Å². The van der Waals surface area contributed by atoms with Crippen LogP contribution in [0.25, 0.3) is 0 Å². The van der Waals surface area contributed by atoms with E-state index in [1.807, 2.05) is 6.07 Å². The Hall–Kier alpha value is -2.82. The molecule has 0 aliphatic carbocycles. The molecule has 0 aromatic heterocycles. The fraction of sp³-hybridized carbons (Fsp3) is 0.409. The molecule has 1 aliphatic rings. The van der Waals surface area contributed by atoms with Crippen LogP contribution in [0.15, 0.2) is 40.7 Å². The van der Waals surface area contributed by atoms with Gasteiger partial charge in [0.05, 0.1) is 40.4 Å². The van der Waals surface area contributed by atoms with E-state index in [1.165, 1.54) is 0 Å². The number of carbonyl (C=O) groups excluding carboxylic acids is 1. The van der Waals surface area contributed by atoms with Gasteiger partial charge in [-0.2, -0.15) is 5.26 Å². The molecule has 2 rings (SSSR count).